The van der Waals surface area contributed by atoms with Crippen molar-refractivity contribution in [3.05, 3.63) is 33.7 Å². The molecule has 0 aliphatic heterocycles. The van der Waals surface area contributed by atoms with Crippen LogP contribution in [0.1, 0.15) is 20.9 Å². The molecule has 0 saturated carbocycles. The van der Waals surface area contributed by atoms with E-state index in [-0.39, 0.29) is 11.0 Å². The predicted octanol–water partition coefficient (Wildman–Crippen LogP) is 0.777. The Hall–Kier alpha value is -3.03. The zero-order chi connectivity index (χ0) is 15.7. The van der Waals surface area contributed by atoms with Crippen LogP contribution >= 0.6 is 0 Å². The van der Waals surface area contributed by atoms with Crippen LogP contribution in [0.4, 0.5) is 0 Å². The molecule has 1 aromatic carbocycles. The molecule has 0 fully saturated rings. The molecule has 0 saturated heterocycles. The molecule has 0 aliphatic carbocycles. The van der Waals surface area contributed by atoms with Gasteiger partial charge in [0.15, 0.2) is 5.43 Å². The fraction of sp³-hybridized carbons (Fsp3) is 0.154. The van der Waals surface area contributed by atoms with Crippen LogP contribution in [0.5, 0.6) is 11.5 Å². The Bertz CT molecular complexity index is 802. The summed E-state index contributed by atoms with van der Waals surface area (Å²) in [5, 5.41) is 19.3. The summed E-state index contributed by atoms with van der Waals surface area (Å²) in [6.07, 6.45) is 0. The zero-order valence-corrected chi connectivity index (χ0v) is 11.0. The number of ether oxygens (including phenoxy) is 2. The van der Waals surface area contributed by atoms with E-state index in [9.17, 15) is 24.6 Å². The van der Waals surface area contributed by atoms with Gasteiger partial charge in [-0.25, -0.2) is 9.59 Å². The van der Waals surface area contributed by atoms with E-state index in [4.69, 9.17) is 4.42 Å². The largest absolute Gasteiger partial charge is 0.507 e. The highest BCUT2D eigenvalue weighted by molar-refractivity contribution is 6.03. The van der Waals surface area contributed by atoms with Gasteiger partial charge in [0, 0.05) is 12.1 Å². The summed E-state index contributed by atoms with van der Waals surface area (Å²) in [4.78, 5) is 34.8. The summed E-state index contributed by atoms with van der Waals surface area (Å²) in [7, 11) is 2.15. The number of aromatic hydroxyl groups is 2. The first-order valence-corrected chi connectivity index (χ1v) is 5.60. The quantitative estimate of drug-likeness (QED) is 0.779. The highest BCUT2D eigenvalue weighted by Gasteiger charge is 2.24. The Morgan fingerprint density at radius 1 is 1.10 bits per heavy atom. The van der Waals surface area contributed by atoms with Gasteiger partial charge in [0.2, 0.25) is 5.76 Å². The molecular formula is C13H10O8. The number of esters is 2. The minimum absolute atomic E-state index is 0.273. The number of carbonyl (C=O) groups excluding carboxylic acids is 2. The number of carbonyl (C=O) groups is 2. The Morgan fingerprint density at radius 2 is 1.71 bits per heavy atom. The summed E-state index contributed by atoms with van der Waals surface area (Å²) in [5.74, 6) is -3.77. The number of fused-ring (bicyclic) bond motifs is 1. The Labute approximate surface area is 117 Å². The normalized spacial score (nSPS) is 10.4. The molecule has 0 radical (unpaired) electrons. The van der Waals surface area contributed by atoms with Crippen LogP contribution in [0, 0.1) is 0 Å². The van der Waals surface area contributed by atoms with Gasteiger partial charge < -0.3 is 24.1 Å². The van der Waals surface area contributed by atoms with Crippen molar-refractivity contribution in [2.24, 2.45) is 0 Å². The monoisotopic (exact) mass is 294 g/mol. The molecule has 0 amide bonds. The average Bonchev–Trinajstić information content (AvgIpc) is 2.44. The van der Waals surface area contributed by atoms with Crippen LogP contribution in [0.15, 0.2) is 21.3 Å². The number of phenols is 2. The molecule has 0 atom stereocenters. The van der Waals surface area contributed by atoms with Gasteiger partial charge in [0.25, 0.3) is 0 Å². The molecule has 8 heteroatoms. The van der Waals surface area contributed by atoms with E-state index in [0.717, 1.165) is 26.4 Å². The van der Waals surface area contributed by atoms with Gasteiger partial charge in [0.1, 0.15) is 28.0 Å². The summed E-state index contributed by atoms with van der Waals surface area (Å²) >= 11 is 0. The third kappa shape index (κ3) is 2.27. The lowest BCUT2D eigenvalue weighted by Gasteiger charge is -2.08. The molecule has 0 bridgehead atoms. The topological polar surface area (TPSA) is 123 Å². The number of methoxy groups -OCH3 is 2. The maximum absolute atomic E-state index is 12.0. The lowest BCUT2D eigenvalue weighted by Crippen LogP contribution is -2.10. The van der Waals surface area contributed by atoms with E-state index in [1.165, 1.54) is 0 Å². The van der Waals surface area contributed by atoms with E-state index in [0.29, 0.717) is 0 Å². The second kappa shape index (κ2) is 5.16. The maximum Gasteiger partial charge on any atom is 0.374 e. The van der Waals surface area contributed by atoms with Crippen LogP contribution in [0.3, 0.4) is 0 Å². The van der Waals surface area contributed by atoms with Crippen molar-refractivity contribution < 1.29 is 33.7 Å². The maximum atomic E-state index is 12.0. The first-order valence-electron chi connectivity index (χ1n) is 5.60. The lowest BCUT2D eigenvalue weighted by molar-refractivity contribution is 0.0562. The fourth-order valence-electron chi connectivity index (χ4n) is 1.79. The van der Waals surface area contributed by atoms with E-state index in [1.54, 1.807) is 0 Å². The van der Waals surface area contributed by atoms with Crippen LogP contribution in [-0.2, 0) is 9.47 Å². The Kier molecular flexibility index (Phi) is 3.53. The molecule has 0 aliphatic rings. The highest BCUT2D eigenvalue weighted by Crippen LogP contribution is 2.34. The van der Waals surface area contributed by atoms with Crippen LogP contribution in [0.2, 0.25) is 0 Å². The molecular weight excluding hydrogens is 284 g/mol. The van der Waals surface area contributed by atoms with Crippen molar-refractivity contribution in [1.29, 1.82) is 0 Å². The summed E-state index contributed by atoms with van der Waals surface area (Å²) in [6.45, 7) is 0. The third-order valence-corrected chi connectivity index (χ3v) is 2.75. The molecule has 2 N–H and O–H groups in total. The molecule has 2 rings (SSSR count). The number of phenolic OH excluding ortho intramolecular Hbond substituents is 2. The van der Waals surface area contributed by atoms with Crippen molar-refractivity contribution >= 4 is 22.9 Å². The summed E-state index contributed by atoms with van der Waals surface area (Å²) in [6, 6.07) is 1.74. The molecule has 1 aromatic heterocycles. The average molecular weight is 294 g/mol. The third-order valence-electron chi connectivity index (χ3n) is 2.75. The van der Waals surface area contributed by atoms with Crippen LogP contribution < -0.4 is 5.43 Å². The van der Waals surface area contributed by atoms with E-state index < -0.39 is 40.2 Å². The SMILES string of the molecule is COC(=O)c1cc(=O)c2c(O)c(C(=O)OC)c(O)cc2o1. The van der Waals surface area contributed by atoms with Gasteiger partial charge >= 0.3 is 11.9 Å². The molecule has 8 nitrogen and oxygen atoms in total. The zero-order valence-electron chi connectivity index (χ0n) is 11.0. The van der Waals surface area contributed by atoms with Crippen molar-refractivity contribution in [3.8, 4) is 11.5 Å². The highest BCUT2D eigenvalue weighted by atomic mass is 16.5. The summed E-state index contributed by atoms with van der Waals surface area (Å²) in [5.41, 5.74) is -1.62. The van der Waals surface area contributed by atoms with Gasteiger partial charge in [0.05, 0.1) is 14.2 Å². The molecule has 2 aromatic rings. The van der Waals surface area contributed by atoms with E-state index in [2.05, 4.69) is 9.47 Å². The lowest BCUT2D eigenvalue weighted by atomic mass is 10.1. The van der Waals surface area contributed by atoms with Gasteiger partial charge in [-0.1, -0.05) is 0 Å². The Balaban J connectivity index is 2.84. The molecule has 1 heterocycles. The van der Waals surface area contributed by atoms with Gasteiger partial charge in [-0.2, -0.15) is 0 Å². The molecule has 110 valence electrons. The second-order valence-electron chi connectivity index (χ2n) is 3.95. The first kappa shape index (κ1) is 14.4. The second-order valence-corrected chi connectivity index (χ2v) is 3.95. The Morgan fingerprint density at radius 3 is 2.29 bits per heavy atom. The number of benzene rings is 1. The van der Waals surface area contributed by atoms with Crippen LogP contribution in [-0.4, -0.2) is 36.4 Å². The van der Waals surface area contributed by atoms with E-state index >= 15 is 0 Å². The molecule has 21 heavy (non-hydrogen) atoms. The van der Waals surface area contributed by atoms with Crippen molar-refractivity contribution in [3.63, 3.8) is 0 Å². The predicted molar refractivity (Wildman–Crippen MR) is 68.5 cm³/mol. The minimum Gasteiger partial charge on any atom is -0.507 e. The molecule has 0 spiro atoms. The minimum atomic E-state index is -1.02. The van der Waals surface area contributed by atoms with Crippen molar-refractivity contribution in [2.45, 2.75) is 0 Å². The van der Waals surface area contributed by atoms with Gasteiger partial charge in [-0.3, -0.25) is 4.79 Å². The van der Waals surface area contributed by atoms with Crippen molar-refractivity contribution in [2.75, 3.05) is 14.2 Å². The van der Waals surface area contributed by atoms with Crippen LogP contribution in [0.25, 0.3) is 11.0 Å². The van der Waals surface area contributed by atoms with Crippen molar-refractivity contribution in [1.82, 2.24) is 0 Å². The number of rotatable bonds is 2. The van der Waals surface area contributed by atoms with Gasteiger partial charge in [-0.05, 0) is 0 Å². The smallest absolute Gasteiger partial charge is 0.374 e. The van der Waals surface area contributed by atoms with Gasteiger partial charge in [-0.15, -0.1) is 0 Å². The first-order chi connectivity index (χ1) is 9.90. The molecule has 0 unspecified atom stereocenters. The standard InChI is InChI=1S/C13H10O8/c1-19-12(17)8-4-5(14)9-7(21-8)3-6(15)10(11(9)16)13(18)20-2/h3-4,15-16H,1-2H3. The fourth-order valence-corrected chi connectivity index (χ4v) is 1.79. The summed E-state index contributed by atoms with van der Waals surface area (Å²) < 4.78 is 13.9. The number of hydrogen-bond acceptors (Lipinski definition) is 8. The number of hydrogen-bond donors (Lipinski definition) is 2. The van der Waals surface area contributed by atoms with E-state index in [1.807, 2.05) is 0 Å².